The van der Waals surface area contributed by atoms with Crippen LogP contribution in [0.1, 0.15) is 21.5 Å². The number of ether oxygens (including phenoxy) is 1. The third kappa shape index (κ3) is 3.17. The van der Waals surface area contributed by atoms with E-state index in [1.54, 1.807) is 7.11 Å². The molecular weight excluding hydrogens is 419 g/mol. The molecule has 0 atom stereocenters. The fourth-order valence-corrected chi connectivity index (χ4v) is 2.54. The Hall–Kier alpha value is -0.880. The van der Waals surface area contributed by atoms with E-state index in [9.17, 15) is 4.79 Å². The van der Waals surface area contributed by atoms with Crippen molar-refractivity contribution in [3.8, 4) is 5.75 Å². The molecule has 0 bridgehead atoms. The zero-order chi connectivity index (χ0) is 14.0. The van der Waals surface area contributed by atoms with Crippen LogP contribution >= 0.6 is 38.5 Å². The molecule has 0 N–H and O–H groups in total. The second-order valence-corrected chi connectivity index (χ2v) is 6.24. The van der Waals surface area contributed by atoms with E-state index in [1.807, 2.05) is 43.3 Å². The minimum Gasteiger partial charge on any atom is -0.496 e. The summed E-state index contributed by atoms with van der Waals surface area (Å²) in [5, 5.41) is 0. The van der Waals surface area contributed by atoms with Crippen molar-refractivity contribution in [3.63, 3.8) is 0 Å². The maximum Gasteiger partial charge on any atom is 0.196 e. The molecule has 0 aliphatic rings. The first-order valence-electron chi connectivity index (χ1n) is 5.67. The van der Waals surface area contributed by atoms with Gasteiger partial charge in [-0.25, -0.2) is 0 Å². The SMILES string of the molecule is COc1ccc(I)cc1C(=O)c1ccc(Br)c(C)c1. The third-order valence-corrected chi connectivity index (χ3v) is 4.39. The topological polar surface area (TPSA) is 26.3 Å². The predicted octanol–water partition coefficient (Wildman–Crippen LogP) is 4.60. The van der Waals surface area contributed by atoms with Gasteiger partial charge in [0, 0.05) is 13.6 Å². The zero-order valence-electron chi connectivity index (χ0n) is 10.5. The van der Waals surface area contributed by atoms with E-state index >= 15 is 0 Å². The number of carbonyl (C=O) groups is 1. The van der Waals surface area contributed by atoms with Crippen LogP contribution in [0.3, 0.4) is 0 Å². The lowest BCUT2D eigenvalue weighted by Gasteiger charge is -2.09. The second-order valence-electron chi connectivity index (χ2n) is 4.14. The summed E-state index contributed by atoms with van der Waals surface area (Å²) in [7, 11) is 1.58. The summed E-state index contributed by atoms with van der Waals surface area (Å²) in [6, 6.07) is 11.2. The van der Waals surface area contributed by atoms with Gasteiger partial charge >= 0.3 is 0 Å². The highest BCUT2D eigenvalue weighted by Gasteiger charge is 2.15. The normalized spacial score (nSPS) is 10.3. The van der Waals surface area contributed by atoms with Crippen LogP contribution in [0.5, 0.6) is 5.75 Å². The fourth-order valence-electron chi connectivity index (χ4n) is 1.80. The van der Waals surface area contributed by atoms with Gasteiger partial charge in [-0.3, -0.25) is 4.79 Å². The molecule has 0 spiro atoms. The Balaban J connectivity index is 2.49. The van der Waals surface area contributed by atoms with Crippen molar-refractivity contribution in [1.29, 1.82) is 0 Å². The first kappa shape index (κ1) is 14.5. The van der Waals surface area contributed by atoms with Gasteiger partial charge in [0.25, 0.3) is 0 Å². The van der Waals surface area contributed by atoms with Crippen LogP contribution in [-0.2, 0) is 0 Å². The van der Waals surface area contributed by atoms with Crippen molar-refractivity contribution in [1.82, 2.24) is 0 Å². The van der Waals surface area contributed by atoms with E-state index in [1.165, 1.54) is 0 Å². The van der Waals surface area contributed by atoms with Crippen molar-refractivity contribution in [3.05, 3.63) is 61.1 Å². The second kappa shape index (κ2) is 6.05. The van der Waals surface area contributed by atoms with Crippen molar-refractivity contribution in [2.24, 2.45) is 0 Å². The highest BCUT2D eigenvalue weighted by molar-refractivity contribution is 14.1. The Labute approximate surface area is 134 Å². The van der Waals surface area contributed by atoms with Gasteiger partial charge in [0.2, 0.25) is 0 Å². The third-order valence-electron chi connectivity index (χ3n) is 2.83. The molecule has 2 aromatic carbocycles. The molecule has 4 heteroatoms. The predicted molar refractivity (Wildman–Crippen MR) is 88.0 cm³/mol. The lowest BCUT2D eigenvalue weighted by atomic mass is 10.0. The number of ketones is 1. The molecule has 2 rings (SSSR count). The maximum atomic E-state index is 12.5. The smallest absolute Gasteiger partial charge is 0.196 e. The summed E-state index contributed by atoms with van der Waals surface area (Å²) in [6.45, 7) is 1.97. The van der Waals surface area contributed by atoms with Crippen molar-refractivity contribution in [2.45, 2.75) is 6.92 Å². The van der Waals surface area contributed by atoms with Crippen LogP contribution in [0.25, 0.3) is 0 Å². The number of carbonyl (C=O) groups excluding carboxylic acids is 1. The van der Waals surface area contributed by atoms with Crippen LogP contribution in [0.2, 0.25) is 0 Å². The molecule has 2 aromatic rings. The summed E-state index contributed by atoms with van der Waals surface area (Å²) < 4.78 is 7.27. The molecule has 0 saturated heterocycles. The number of hydrogen-bond acceptors (Lipinski definition) is 2. The van der Waals surface area contributed by atoms with Crippen LogP contribution < -0.4 is 4.74 Å². The Bertz CT molecular complexity index is 638. The van der Waals surface area contributed by atoms with E-state index in [-0.39, 0.29) is 5.78 Å². The van der Waals surface area contributed by atoms with E-state index in [0.717, 1.165) is 13.6 Å². The van der Waals surface area contributed by atoms with E-state index in [2.05, 4.69) is 38.5 Å². The first-order valence-corrected chi connectivity index (χ1v) is 7.54. The van der Waals surface area contributed by atoms with Crippen molar-refractivity contribution < 1.29 is 9.53 Å². The molecule has 0 saturated carbocycles. The minimum absolute atomic E-state index is 0.0223. The zero-order valence-corrected chi connectivity index (χ0v) is 14.3. The number of rotatable bonds is 3. The molecule has 2 nitrogen and oxygen atoms in total. The fraction of sp³-hybridized carbons (Fsp3) is 0.133. The van der Waals surface area contributed by atoms with Crippen LogP contribution in [0.15, 0.2) is 40.9 Å². The number of benzene rings is 2. The Kier molecular flexibility index (Phi) is 4.62. The van der Waals surface area contributed by atoms with Gasteiger partial charge in [-0.2, -0.15) is 0 Å². The first-order chi connectivity index (χ1) is 9.02. The maximum absolute atomic E-state index is 12.5. The molecule has 0 aromatic heterocycles. The average Bonchev–Trinajstić information content (AvgIpc) is 2.41. The summed E-state index contributed by atoms with van der Waals surface area (Å²) >= 11 is 5.63. The molecule has 19 heavy (non-hydrogen) atoms. The average molecular weight is 431 g/mol. The van der Waals surface area contributed by atoms with Crippen LogP contribution in [0, 0.1) is 10.5 Å². The molecule has 0 aliphatic heterocycles. The van der Waals surface area contributed by atoms with Crippen LogP contribution in [-0.4, -0.2) is 12.9 Å². The molecule has 0 radical (unpaired) electrons. The monoisotopic (exact) mass is 430 g/mol. The van der Waals surface area contributed by atoms with Gasteiger partial charge in [0.1, 0.15) is 5.75 Å². The molecular formula is C15H12BrIO2. The number of aryl methyl sites for hydroxylation is 1. The van der Waals surface area contributed by atoms with Gasteiger partial charge in [-0.05, 0) is 71.5 Å². The van der Waals surface area contributed by atoms with Gasteiger partial charge in [-0.15, -0.1) is 0 Å². The summed E-state index contributed by atoms with van der Waals surface area (Å²) in [6.07, 6.45) is 0. The molecule has 0 fully saturated rings. The van der Waals surface area contributed by atoms with Gasteiger partial charge in [0.05, 0.1) is 12.7 Å². The van der Waals surface area contributed by atoms with Crippen molar-refractivity contribution in [2.75, 3.05) is 7.11 Å². The lowest BCUT2D eigenvalue weighted by Crippen LogP contribution is -2.05. The Morgan fingerprint density at radius 2 is 1.95 bits per heavy atom. The number of methoxy groups -OCH3 is 1. The van der Waals surface area contributed by atoms with E-state index in [4.69, 9.17) is 4.74 Å². The molecule has 0 heterocycles. The molecule has 0 amide bonds. The van der Waals surface area contributed by atoms with Crippen molar-refractivity contribution >= 4 is 44.3 Å². The van der Waals surface area contributed by atoms with Gasteiger partial charge in [-0.1, -0.05) is 15.9 Å². The molecule has 98 valence electrons. The summed E-state index contributed by atoms with van der Waals surface area (Å²) in [4.78, 5) is 12.5. The standard InChI is InChI=1S/C15H12BrIO2/c1-9-7-10(3-5-13(9)16)15(18)12-8-11(17)4-6-14(12)19-2/h3-8H,1-2H3. The quantitative estimate of drug-likeness (QED) is 0.525. The highest BCUT2D eigenvalue weighted by atomic mass is 127. The molecule has 0 unspecified atom stereocenters. The Morgan fingerprint density at radius 3 is 2.58 bits per heavy atom. The highest BCUT2D eigenvalue weighted by Crippen LogP contribution is 2.25. The minimum atomic E-state index is -0.0223. The summed E-state index contributed by atoms with van der Waals surface area (Å²) in [5.74, 6) is 0.581. The molecule has 0 aliphatic carbocycles. The largest absolute Gasteiger partial charge is 0.496 e. The lowest BCUT2D eigenvalue weighted by molar-refractivity contribution is 0.103. The van der Waals surface area contributed by atoms with Gasteiger partial charge in [0.15, 0.2) is 5.78 Å². The van der Waals surface area contributed by atoms with E-state index in [0.29, 0.717) is 16.9 Å². The van der Waals surface area contributed by atoms with E-state index < -0.39 is 0 Å². The Morgan fingerprint density at radius 1 is 1.21 bits per heavy atom. The number of halogens is 2. The number of hydrogen-bond donors (Lipinski definition) is 0. The van der Waals surface area contributed by atoms with Gasteiger partial charge < -0.3 is 4.74 Å². The van der Waals surface area contributed by atoms with Crippen LogP contribution in [0.4, 0.5) is 0 Å². The summed E-state index contributed by atoms with van der Waals surface area (Å²) in [5.41, 5.74) is 2.30.